The lowest BCUT2D eigenvalue weighted by atomic mass is 10.0. The summed E-state index contributed by atoms with van der Waals surface area (Å²) >= 11 is 0. The first-order valence-corrected chi connectivity index (χ1v) is 10.9. The van der Waals surface area contributed by atoms with E-state index in [9.17, 15) is 4.79 Å². The molecule has 0 aliphatic carbocycles. The fourth-order valence-corrected chi connectivity index (χ4v) is 3.78. The number of hydrogen-bond acceptors (Lipinski definition) is 1. The molecule has 0 radical (unpaired) electrons. The molecule has 0 unspecified atom stereocenters. The Labute approximate surface area is 166 Å². The first-order chi connectivity index (χ1) is 13.2. The number of amides is 1. The van der Waals surface area contributed by atoms with Gasteiger partial charge in [0.2, 0.25) is 0 Å². The maximum Gasteiger partial charge on any atom is 0.258 e. The van der Waals surface area contributed by atoms with Crippen molar-refractivity contribution in [3.63, 3.8) is 0 Å². The predicted molar refractivity (Wildman–Crippen MR) is 116 cm³/mol. The number of carbonyl (C=O) groups excluding carboxylic acids is 1. The van der Waals surface area contributed by atoms with Crippen LogP contribution in [0.5, 0.6) is 0 Å². The molecule has 0 atom stereocenters. The zero-order valence-corrected chi connectivity index (χ0v) is 17.4. The molecule has 1 aromatic rings. The smallest absolute Gasteiger partial charge is 0.258 e. The van der Waals surface area contributed by atoms with Gasteiger partial charge in [0.05, 0.1) is 0 Å². The van der Waals surface area contributed by atoms with E-state index in [2.05, 4.69) is 26.0 Å². The van der Waals surface area contributed by atoms with Gasteiger partial charge in [-0.3, -0.25) is 4.79 Å². The van der Waals surface area contributed by atoms with Gasteiger partial charge in [-0.25, -0.2) is 0 Å². The standard InChI is InChI=1S/C25H37NO/c1-3-4-5-6-7-8-9-10-11-12-14-17-23-20-21-26(22(23)2)25(27)24-18-15-13-16-19-24/h9-10,13,15-16,18-19H,3-8,11-12,14,17,20-21H2,1-2H3. The SMILES string of the molecule is CCCCCCCC=CCCCCC1=C(C)N(C(=O)c2ccccc2)CC1. The molecular weight excluding hydrogens is 330 g/mol. The van der Waals surface area contributed by atoms with Crippen molar-refractivity contribution in [2.45, 2.75) is 84.5 Å². The molecule has 27 heavy (non-hydrogen) atoms. The van der Waals surface area contributed by atoms with Crippen LogP contribution in [0.15, 0.2) is 53.8 Å². The molecule has 2 heteroatoms. The molecule has 0 spiro atoms. The summed E-state index contributed by atoms with van der Waals surface area (Å²) in [4.78, 5) is 14.6. The summed E-state index contributed by atoms with van der Waals surface area (Å²) in [6.45, 7) is 5.22. The van der Waals surface area contributed by atoms with Crippen LogP contribution < -0.4 is 0 Å². The van der Waals surface area contributed by atoms with Gasteiger partial charge in [-0.05, 0) is 69.6 Å². The molecule has 0 saturated heterocycles. The minimum atomic E-state index is 0.143. The van der Waals surface area contributed by atoms with Crippen molar-refractivity contribution in [1.29, 1.82) is 0 Å². The Morgan fingerprint density at radius 3 is 2.33 bits per heavy atom. The predicted octanol–water partition coefficient (Wildman–Crippen LogP) is 7.28. The monoisotopic (exact) mass is 367 g/mol. The molecule has 1 heterocycles. The van der Waals surface area contributed by atoms with Gasteiger partial charge in [-0.1, -0.05) is 63.0 Å². The van der Waals surface area contributed by atoms with E-state index in [1.807, 2.05) is 35.2 Å². The molecular formula is C25H37NO. The number of nitrogens with zero attached hydrogens (tertiary/aromatic N) is 1. The Balaban J connectivity index is 1.63. The van der Waals surface area contributed by atoms with Gasteiger partial charge in [-0.2, -0.15) is 0 Å². The van der Waals surface area contributed by atoms with Gasteiger partial charge in [0, 0.05) is 17.8 Å². The van der Waals surface area contributed by atoms with E-state index in [1.165, 1.54) is 69.1 Å². The van der Waals surface area contributed by atoms with Gasteiger partial charge in [0.15, 0.2) is 0 Å². The fourth-order valence-electron chi connectivity index (χ4n) is 3.78. The number of hydrogen-bond donors (Lipinski definition) is 0. The van der Waals surface area contributed by atoms with Crippen molar-refractivity contribution in [1.82, 2.24) is 4.90 Å². The molecule has 0 saturated carbocycles. The van der Waals surface area contributed by atoms with E-state index < -0.39 is 0 Å². The third-order valence-electron chi connectivity index (χ3n) is 5.56. The molecule has 1 aliphatic rings. The van der Waals surface area contributed by atoms with E-state index in [4.69, 9.17) is 0 Å². The molecule has 0 bridgehead atoms. The van der Waals surface area contributed by atoms with E-state index in [-0.39, 0.29) is 5.91 Å². The van der Waals surface area contributed by atoms with Crippen LogP contribution in [-0.4, -0.2) is 17.4 Å². The summed E-state index contributed by atoms with van der Waals surface area (Å²) in [6, 6.07) is 9.63. The minimum absolute atomic E-state index is 0.143. The largest absolute Gasteiger partial charge is 0.312 e. The number of allylic oxidation sites excluding steroid dienone is 3. The number of unbranched alkanes of at least 4 members (excludes halogenated alkanes) is 7. The maximum absolute atomic E-state index is 12.6. The first-order valence-electron chi connectivity index (χ1n) is 10.9. The second-order valence-corrected chi connectivity index (χ2v) is 7.68. The van der Waals surface area contributed by atoms with Gasteiger partial charge in [-0.15, -0.1) is 0 Å². The van der Waals surface area contributed by atoms with E-state index in [0.29, 0.717) is 0 Å². The molecule has 1 aliphatic heterocycles. The summed E-state index contributed by atoms with van der Waals surface area (Å²) in [6.07, 6.45) is 18.6. The average molecular weight is 368 g/mol. The van der Waals surface area contributed by atoms with Gasteiger partial charge in [0.1, 0.15) is 0 Å². The fraction of sp³-hybridized carbons (Fsp3) is 0.560. The quantitative estimate of drug-likeness (QED) is 0.281. The van der Waals surface area contributed by atoms with Crippen LogP contribution in [0, 0.1) is 0 Å². The van der Waals surface area contributed by atoms with Crippen molar-refractivity contribution in [3.05, 3.63) is 59.3 Å². The lowest BCUT2D eigenvalue weighted by molar-refractivity contribution is 0.0819. The highest BCUT2D eigenvalue weighted by atomic mass is 16.2. The van der Waals surface area contributed by atoms with Crippen LogP contribution in [0.1, 0.15) is 94.8 Å². The Hall–Kier alpha value is -1.83. The van der Waals surface area contributed by atoms with Crippen LogP contribution in [0.2, 0.25) is 0 Å². The van der Waals surface area contributed by atoms with Crippen LogP contribution in [-0.2, 0) is 0 Å². The average Bonchev–Trinajstić information content (AvgIpc) is 3.06. The minimum Gasteiger partial charge on any atom is -0.312 e. The molecule has 2 nitrogen and oxygen atoms in total. The Morgan fingerprint density at radius 2 is 1.63 bits per heavy atom. The van der Waals surface area contributed by atoms with Crippen LogP contribution >= 0.6 is 0 Å². The lowest BCUT2D eigenvalue weighted by Gasteiger charge is -2.18. The Morgan fingerprint density at radius 1 is 0.963 bits per heavy atom. The first kappa shape index (κ1) is 21.5. The molecule has 2 rings (SSSR count). The Kier molecular flexibility index (Phi) is 9.97. The third kappa shape index (κ3) is 7.36. The third-order valence-corrected chi connectivity index (χ3v) is 5.56. The molecule has 0 fully saturated rings. The normalized spacial score (nSPS) is 14.5. The van der Waals surface area contributed by atoms with E-state index in [1.54, 1.807) is 0 Å². The van der Waals surface area contributed by atoms with E-state index >= 15 is 0 Å². The Bertz CT molecular complexity index is 614. The highest BCUT2D eigenvalue weighted by molar-refractivity contribution is 5.95. The molecule has 0 aromatic heterocycles. The van der Waals surface area contributed by atoms with Gasteiger partial charge >= 0.3 is 0 Å². The topological polar surface area (TPSA) is 20.3 Å². The zero-order valence-electron chi connectivity index (χ0n) is 17.4. The molecule has 1 aromatic carbocycles. The van der Waals surface area contributed by atoms with Crippen molar-refractivity contribution in [3.8, 4) is 0 Å². The number of carbonyl (C=O) groups is 1. The molecule has 0 N–H and O–H groups in total. The lowest BCUT2D eigenvalue weighted by Crippen LogP contribution is -2.26. The van der Waals surface area contributed by atoms with Crippen molar-refractivity contribution in [2.75, 3.05) is 6.54 Å². The second kappa shape index (κ2) is 12.5. The summed E-state index contributed by atoms with van der Waals surface area (Å²) in [5.41, 5.74) is 3.45. The van der Waals surface area contributed by atoms with Crippen molar-refractivity contribution < 1.29 is 4.79 Å². The van der Waals surface area contributed by atoms with E-state index in [0.717, 1.165) is 24.9 Å². The number of benzene rings is 1. The van der Waals surface area contributed by atoms with Crippen LogP contribution in [0.4, 0.5) is 0 Å². The maximum atomic E-state index is 12.6. The van der Waals surface area contributed by atoms with Crippen LogP contribution in [0.3, 0.4) is 0 Å². The summed E-state index contributed by atoms with van der Waals surface area (Å²) < 4.78 is 0. The number of rotatable bonds is 12. The highest BCUT2D eigenvalue weighted by Crippen LogP contribution is 2.28. The summed E-state index contributed by atoms with van der Waals surface area (Å²) in [5.74, 6) is 0.143. The second-order valence-electron chi connectivity index (χ2n) is 7.68. The van der Waals surface area contributed by atoms with Gasteiger partial charge < -0.3 is 4.90 Å². The molecule has 1 amide bonds. The summed E-state index contributed by atoms with van der Waals surface area (Å²) in [5, 5.41) is 0. The van der Waals surface area contributed by atoms with Crippen LogP contribution in [0.25, 0.3) is 0 Å². The van der Waals surface area contributed by atoms with Crippen molar-refractivity contribution >= 4 is 5.91 Å². The summed E-state index contributed by atoms with van der Waals surface area (Å²) in [7, 11) is 0. The zero-order chi connectivity index (χ0) is 19.3. The highest BCUT2D eigenvalue weighted by Gasteiger charge is 2.24. The van der Waals surface area contributed by atoms with Crippen molar-refractivity contribution in [2.24, 2.45) is 0 Å². The molecule has 148 valence electrons. The van der Waals surface area contributed by atoms with Gasteiger partial charge in [0.25, 0.3) is 5.91 Å².